The molecule has 2 aromatic rings. The Morgan fingerprint density at radius 1 is 0.903 bits per heavy atom. The average Bonchev–Trinajstić information content (AvgIpc) is 3.12. The molecule has 0 bridgehead atoms. The van der Waals surface area contributed by atoms with Crippen LogP contribution in [0.2, 0.25) is 0 Å². The molecule has 0 spiro atoms. The Labute approximate surface area is 182 Å². The van der Waals surface area contributed by atoms with Crippen LogP contribution in [-0.2, 0) is 41.8 Å². The average molecular weight is 420 g/mol. The Morgan fingerprint density at radius 2 is 1.52 bits per heavy atom. The molecule has 0 amide bonds. The molecule has 5 rings (SSSR count). The van der Waals surface area contributed by atoms with Crippen LogP contribution in [0.25, 0.3) is 0 Å². The van der Waals surface area contributed by atoms with Crippen molar-refractivity contribution in [2.24, 2.45) is 5.92 Å². The Balaban J connectivity index is 1.26. The minimum Gasteiger partial charge on any atom is -0.461 e. The smallest absolute Gasteiger partial charge is 0.339 e. The summed E-state index contributed by atoms with van der Waals surface area (Å²) < 4.78 is 23.5. The van der Waals surface area contributed by atoms with Crippen molar-refractivity contribution >= 4 is 19.8 Å². The predicted octanol–water partition coefficient (Wildman–Crippen LogP) is 2.14. The van der Waals surface area contributed by atoms with Gasteiger partial charge in [0.15, 0.2) is 5.60 Å². The van der Waals surface area contributed by atoms with Crippen molar-refractivity contribution in [2.45, 2.75) is 55.8 Å². The molecule has 6 nitrogen and oxygen atoms in total. The highest BCUT2D eigenvalue weighted by Gasteiger charge is 2.78. The molecule has 7 heteroatoms. The van der Waals surface area contributed by atoms with Crippen molar-refractivity contribution in [1.29, 1.82) is 0 Å². The van der Waals surface area contributed by atoms with Crippen LogP contribution in [0.15, 0.2) is 60.7 Å². The highest BCUT2D eigenvalue weighted by atomic mass is 16.6. The maximum atomic E-state index is 13.0. The molecule has 0 aromatic heterocycles. The summed E-state index contributed by atoms with van der Waals surface area (Å²) >= 11 is 0. The lowest BCUT2D eigenvalue weighted by Crippen LogP contribution is -2.65. The molecular formula is C24H25BO6. The molecule has 31 heavy (non-hydrogen) atoms. The standard InChI is InChI=1S/C24H25BO6/c25-21-19-20-23(31-21,13-18(26)28-14-16-7-3-1-4-8-16)11-12-24(20,30-19)22(27)29-15-17-9-5-2-6-10-17/h1-10,19-21H,11-15,25H2/t19?,20?,21-,23-,24?/m1/s1. The van der Waals surface area contributed by atoms with Crippen LogP contribution in [0.4, 0.5) is 0 Å². The van der Waals surface area contributed by atoms with E-state index in [1.54, 1.807) is 0 Å². The van der Waals surface area contributed by atoms with E-state index in [4.69, 9.17) is 18.9 Å². The zero-order valence-corrected chi connectivity index (χ0v) is 17.5. The topological polar surface area (TPSA) is 71.1 Å². The number of carbonyl (C=O) groups is 2. The lowest BCUT2D eigenvalue weighted by atomic mass is 9.70. The largest absolute Gasteiger partial charge is 0.461 e. The summed E-state index contributed by atoms with van der Waals surface area (Å²) in [4.78, 5) is 25.7. The molecule has 3 fully saturated rings. The van der Waals surface area contributed by atoms with Gasteiger partial charge in [-0.3, -0.25) is 4.79 Å². The van der Waals surface area contributed by atoms with Crippen molar-refractivity contribution in [1.82, 2.24) is 0 Å². The van der Waals surface area contributed by atoms with Crippen molar-refractivity contribution < 1.29 is 28.5 Å². The van der Waals surface area contributed by atoms with Crippen LogP contribution >= 0.6 is 0 Å². The van der Waals surface area contributed by atoms with Crippen LogP contribution in [-0.4, -0.2) is 43.1 Å². The second kappa shape index (κ2) is 7.81. The van der Waals surface area contributed by atoms with E-state index in [-0.39, 0.29) is 49.6 Å². The Hall–Kier alpha value is -2.64. The van der Waals surface area contributed by atoms with Gasteiger partial charge in [-0.15, -0.1) is 0 Å². The number of rotatable bonds is 7. The van der Waals surface area contributed by atoms with Crippen LogP contribution < -0.4 is 0 Å². The van der Waals surface area contributed by atoms with E-state index in [9.17, 15) is 9.59 Å². The number of esters is 2. The zero-order chi connectivity index (χ0) is 21.5. The second-order valence-corrected chi connectivity index (χ2v) is 8.72. The second-order valence-electron chi connectivity index (χ2n) is 8.72. The third-order valence-electron chi connectivity index (χ3n) is 6.79. The zero-order valence-electron chi connectivity index (χ0n) is 17.5. The van der Waals surface area contributed by atoms with Gasteiger partial charge >= 0.3 is 11.9 Å². The van der Waals surface area contributed by atoms with E-state index in [0.29, 0.717) is 12.8 Å². The van der Waals surface area contributed by atoms with Gasteiger partial charge in [-0.05, 0) is 24.0 Å². The summed E-state index contributed by atoms with van der Waals surface area (Å²) in [5, 5.41) is 0. The van der Waals surface area contributed by atoms with Gasteiger partial charge in [0, 0.05) is 0 Å². The first-order valence-electron chi connectivity index (χ1n) is 10.8. The van der Waals surface area contributed by atoms with E-state index in [1.165, 1.54) is 0 Å². The van der Waals surface area contributed by atoms with E-state index >= 15 is 0 Å². The summed E-state index contributed by atoms with van der Waals surface area (Å²) in [6, 6.07) is 19.0. The molecule has 3 aliphatic rings. The molecule has 2 heterocycles. The molecule has 1 saturated carbocycles. The molecule has 160 valence electrons. The third kappa shape index (κ3) is 3.46. The van der Waals surface area contributed by atoms with E-state index in [0.717, 1.165) is 11.1 Å². The minimum absolute atomic E-state index is 0.114. The maximum Gasteiger partial charge on any atom is 0.339 e. The molecule has 1 aliphatic carbocycles. The van der Waals surface area contributed by atoms with Gasteiger partial charge in [0.25, 0.3) is 0 Å². The number of hydrogen-bond acceptors (Lipinski definition) is 6. The van der Waals surface area contributed by atoms with Gasteiger partial charge in [0.05, 0.1) is 30.0 Å². The molecular weight excluding hydrogens is 395 g/mol. The summed E-state index contributed by atoms with van der Waals surface area (Å²) in [7, 11) is 1.93. The van der Waals surface area contributed by atoms with Crippen LogP contribution in [0.5, 0.6) is 0 Å². The number of hydrogen-bond donors (Lipinski definition) is 0. The normalized spacial score (nSPS) is 32.7. The molecule has 2 aliphatic heterocycles. The molecule has 3 unspecified atom stereocenters. The van der Waals surface area contributed by atoms with Crippen molar-refractivity contribution in [3.8, 4) is 0 Å². The minimum atomic E-state index is -1.02. The highest BCUT2D eigenvalue weighted by molar-refractivity contribution is 6.12. The summed E-state index contributed by atoms with van der Waals surface area (Å²) in [6.07, 6.45) is 0.969. The monoisotopic (exact) mass is 420 g/mol. The quantitative estimate of drug-likeness (QED) is 0.505. The fourth-order valence-corrected chi connectivity index (χ4v) is 5.40. The molecule has 0 N–H and O–H groups in total. The number of carbonyl (C=O) groups excluding carboxylic acids is 2. The first-order chi connectivity index (χ1) is 15.0. The first kappa shape index (κ1) is 20.3. The van der Waals surface area contributed by atoms with Crippen molar-refractivity contribution in [3.05, 3.63) is 71.8 Å². The van der Waals surface area contributed by atoms with Gasteiger partial charge in [0.1, 0.15) is 21.1 Å². The summed E-state index contributed by atoms with van der Waals surface area (Å²) in [5.41, 5.74) is 0.100. The van der Waals surface area contributed by atoms with Crippen molar-refractivity contribution in [3.63, 3.8) is 0 Å². The lowest BCUT2D eigenvalue weighted by Gasteiger charge is -2.49. The Morgan fingerprint density at radius 3 is 2.16 bits per heavy atom. The fraction of sp³-hybridized carbons (Fsp3) is 0.417. The lowest BCUT2D eigenvalue weighted by molar-refractivity contribution is -0.250. The number of ether oxygens (including phenoxy) is 4. The van der Waals surface area contributed by atoms with Crippen LogP contribution in [0.3, 0.4) is 0 Å². The molecule has 2 saturated heterocycles. The van der Waals surface area contributed by atoms with E-state index in [2.05, 4.69) is 0 Å². The first-order valence-corrected chi connectivity index (χ1v) is 10.8. The van der Waals surface area contributed by atoms with Gasteiger partial charge in [0.2, 0.25) is 0 Å². The van der Waals surface area contributed by atoms with Gasteiger partial charge in [-0.25, -0.2) is 4.79 Å². The highest BCUT2D eigenvalue weighted by Crippen LogP contribution is 2.64. The maximum absolute atomic E-state index is 13.0. The Kier molecular flexibility index (Phi) is 5.11. The third-order valence-corrected chi connectivity index (χ3v) is 6.79. The van der Waals surface area contributed by atoms with Gasteiger partial charge in [-0.2, -0.15) is 0 Å². The number of benzene rings is 2. The van der Waals surface area contributed by atoms with Crippen LogP contribution in [0, 0.1) is 5.92 Å². The van der Waals surface area contributed by atoms with Crippen molar-refractivity contribution in [2.75, 3.05) is 0 Å². The van der Waals surface area contributed by atoms with E-state index < -0.39 is 11.2 Å². The summed E-state index contributed by atoms with van der Waals surface area (Å²) in [6.45, 7) is 0.421. The van der Waals surface area contributed by atoms with E-state index in [1.807, 2.05) is 68.5 Å². The van der Waals surface area contributed by atoms with Gasteiger partial charge < -0.3 is 18.9 Å². The van der Waals surface area contributed by atoms with Crippen LogP contribution in [0.1, 0.15) is 30.4 Å². The fourth-order valence-electron chi connectivity index (χ4n) is 5.40. The Bertz CT molecular complexity index is 967. The SMILES string of the molecule is B[C@@H]1O[C@@]2(CC(=O)OCc3ccccc3)CCC3(C(=O)OCc4ccccc4)OC1C32. The molecule has 0 radical (unpaired) electrons. The summed E-state index contributed by atoms with van der Waals surface area (Å²) in [5.74, 6) is -0.880. The molecule has 2 aromatic carbocycles. The molecule has 5 atom stereocenters. The van der Waals surface area contributed by atoms with Gasteiger partial charge in [-0.1, -0.05) is 60.7 Å². The predicted molar refractivity (Wildman–Crippen MR) is 114 cm³/mol.